The molecule has 1 aliphatic rings. The molecule has 2 N–H and O–H groups in total. The van der Waals surface area contributed by atoms with E-state index in [4.69, 9.17) is 15.0 Å². The summed E-state index contributed by atoms with van der Waals surface area (Å²) in [5, 5.41) is 0. The van der Waals surface area contributed by atoms with E-state index in [1.165, 1.54) is 12.3 Å². The van der Waals surface area contributed by atoms with Gasteiger partial charge >= 0.3 is 7.12 Å². The highest BCUT2D eigenvalue weighted by atomic mass is 19.1. The largest absolute Gasteiger partial charge is 0.496 e. The van der Waals surface area contributed by atoms with E-state index in [1.807, 2.05) is 33.8 Å². The van der Waals surface area contributed by atoms with Gasteiger partial charge in [0.05, 0.1) is 11.2 Å². The Labute approximate surface area is 135 Å². The monoisotopic (exact) mass is 315 g/mol. The number of hydrogen-bond donors (Lipinski definition) is 1. The fourth-order valence-electron chi connectivity index (χ4n) is 2.40. The van der Waals surface area contributed by atoms with Gasteiger partial charge in [-0.2, -0.15) is 4.39 Å². The van der Waals surface area contributed by atoms with E-state index in [0.717, 1.165) is 5.46 Å². The van der Waals surface area contributed by atoms with Crippen LogP contribution in [0.3, 0.4) is 0 Å². The molecule has 5 nitrogen and oxygen atoms in total. The number of nitrogen functional groups attached to an aromatic ring is 1. The molecule has 0 unspecified atom stereocenters. The summed E-state index contributed by atoms with van der Waals surface area (Å²) in [6, 6.07) is 4.82. The Hall–Kier alpha value is -1.99. The zero-order valence-electron chi connectivity index (χ0n) is 13.6. The number of nitrogens with two attached hydrogens (primary N) is 1. The highest BCUT2D eigenvalue weighted by Crippen LogP contribution is 2.36. The van der Waals surface area contributed by atoms with Crippen LogP contribution in [0.5, 0.6) is 0 Å². The third-order valence-corrected chi connectivity index (χ3v) is 4.50. The van der Waals surface area contributed by atoms with Crippen molar-refractivity contribution >= 4 is 18.4 Å². The van der Waals surface area contributed by atoms with E-state index in [1.54, 1.807) is 12.3 Å². The molecule has 7 heteroatoms. The van der Waals surface area contributed by atoms with Crippen molar-refractivity contribution in [2.45, 2.75) is 38.9 Å². The van der Waals surface area contributed by atoms with Gasteiger partial charge in [0.1, 0.15) is 5.82 Å². The second kappa shape index (κ2) is 5.28. The molecule has 1 aliphatic heterocycles. The van der Waals surface area contributed by atoms with Crippen molar-refractivity contribution in [1.29, 1.82) is 0 Å². The Kier molecular flexibility index (Phi) is 3.65. The van der Waals surface area contributed by atoms with Crippen molar-refractivity contribution in [3.63, 3.8) is 0 Å². The van der Waals surface area contributed by atoms with Gasteiger partial charge in [-0.25, -0.2) is 9.97 Å². The minimum absolute atomic E-state index is 0.316. The predicted octanol–water partition coefficient (Wildman–Crippen LogP) is 2.16. The maximum absolute atomic E-state index is 13.4. The van der Waals surface area contributed by atoms with Crippen LogP contribution in [0.15, 0.2) is 30.6 Å². The van der Waals surface area contributed by atoms with Crippen molar-refractivity contribution in [1.82, 2.24) is 9.97 Å². The number of nitrogens with zero attached hydrogens (tertiary/aromatic N) is 2. The van der Waals surface area contributed by atoms with E-state index in [2.05, 4.69) is 9.97 Å². The zero-order chi connectivity index (χ0) is 16.8. The van der Waals surface area contributed by atoms with Gasteiger partial charge in [0.2, 0.25) is 5.95 Å². The van der Waals surface area contributed by atoms with Crippen LogP contribution in [0.25, 0.3) is 11.1 Å². The third-order valence-electron chi connectivity index (χ3n) is 4.50. The van der Waals surface area contributed by atoms with E-state index in [9.17, 15) is 4.39 Å². The lowest BCUT2D eigenvalue weighted by Crippen LogP contribution is -2.41. The molecule has 0 bridgehead atoms. The van der Waals surface area contributed by atoms with Gasteiger partial charge in [-0.3, -0.25) is 0 Å². The van der Waals surface area contributed by atoms with Crippen molar-refractivity contribution in [2.24, 2.45) is 0 Å². The molecule has 0 amide bonds. The van der Waals surface area contributed by atoms with E-state index in [0.29, 0.717) is 16.9 Å². The lowest BCUT2D eigenvalue weighted by molar-refractivity contribution is 0.00578. The normalized spacial score (nSPS) is 19.1. The first kappa shape index (κ1) is 15.9. The van der Waals surface area contributed by atoms with Gasteiger partial charge in [0.25, 0.3) is 0 Å². The number of aromatic nitrogens is 2. The predicted molar refractivity (Wildman–Crippen MR) is 87.6 cm³/mol. The molecule has 3 heterocycles. The molecule has 23 heavy (non-hydrogen) atoms. The Morgan fingerprint density at radius 2 is 1.74 bits per heavy atom. The Bertz CT molecular complexity index is 736. The van der Waals surface area contributed by atoms with Gasteiger partial charge in [-0.15, -0.1) is 0 Å². The van der Waals surface area contributed by atoms with E-state index < -0.39 is 24.3 Å². The number of anilines is 1. The molecular weight excluding hydrogens is 296 g/mol. The molecule has 0 aliphatic carbocycles. The lowest BCUT2D eigenvalue weighted by atomic mass is 9.79. The molecule has 0 radical (unpaired) electrons. The second-order valence-corrected chi connectivity index (χ2v) is 6.66. The van der Waals surface area contributed by atoms with Crippen LogP contribution in [-0.4, -0.2) is 28.3 Å². The second-order valence-electron chi connectivity index (χ2n) is 6.66. The van der Waals surface area contributed by atoms with Crippen LogP contribution in [0.4, 0.5) is 10.2 Å². The molecule has 2 aromatic heterocycles. The molecule has 120 valence electrons. The highest BCUT2D eigenvalue weighted by molar-refractivity contribution is 6.62. The van der Waals surface area contributed by atoms with Gasteiger partial charge in [-0.1, -0.05) is 0 Å². The summed E-state index contributed by atoms with van der Waals surface area (Å²) in [5.74, 6) is -0.251. The minimum atomic E-state index is -0.567. The molecule has 2 aromatic rings. The van der Waals surface area contributed by atoms with E-state index >= 15 is 0 Å². The topological polar surface area (TPSA) is 70.3 Å². The number of hydrogen-bond acceptors (Lipinski definition) is 5. The number of halogens is 1. The van der Waals surface area contributed by atoms with Gasteiger partial charge in [0, 0.05) is 29.5 Å². The molecule has 0 saturated carbocycles. The number of pyridine rings is 2. The van der Waals surface area contributed by atoms with Crippen molar-refractivity contribution < 1.29 is 13.7 Å². The molecular formula is C16H19BFN3O2. The van der Waals surface area contributed by atoms with Crippen LogP contribution in [0.2, 0.25) is 0 Å². The summed E-state index contributed by atoms with van der Waals surface area (Å²) in [7, 11) is -0.543. The Balaban J connectivity index is 1.99. The third kappa shape index (κ3) is 2.82. The molecule has 1 fully saturated rings. The van der Waals surface area contributed by atoms with Crippen molar-refractivity contribution in [3.8, 4) is 11.1 Å². The van der Waals surface area contributed by atoms with Crippen LogP contribution in [-0.2, 0) is 9.31 Å². The summed E-state index contributed by atoms with van der Waals surface area (Å²) < 4.78 is 25.4. The fraction of sp³-hybridized carbons (Fsp3) is 0.375. The van der Waals surface area contributed by atoms with Gasteiger partial charge < -0.3 is 15.0 Å². The van der Waals surface area contributed by atoms with Crippen LogP contribution >= 0.6 is 0 Å². The quantitative estimate of drug-likeness (QED) is 0.679. The van der Waals surface area contributed by atoms with Gasteiger partial charge in [0.15, 0.2) is 0 Å². The first-order chi connectivity index (χ1) is 10.7. The molecule has 3 rings (SSSR count). The maximum Gasteiger partial charge on any atom is 0.496 e. The minimum Gasteiger partial charge on any atom is -0.399 e. The summed E-state index contributed by atoms with van der Waals surface area (Å²) in [5.41, 5.74) is 7.03. The molecule has 1 saturated heterocycles. The molecule has 0 aromatic carbocycles. The number of rotatable bonds is 2. The van der Waals surface area contributed by atoms with Crippen LogP contribution in [0, 0.1) is 5.95 Å². The summed E-state index contributed by atoms with van der Waals surface area (Å²) in [6.07, 6.45) is 3.02. The molecule has 0 spiro atoms. The summed E-state index contributed by atoms with van der Waals surface area (Å²) >= 11 is 0. The highest BCUT2D eigenvalue weighted by Gasteiger charge is 2.51. The summed E-state index contributed by atoms with van der Waals surface area (Å²) in [6.45, 7) is 7.93. The SMILES string of the molecule is CC1(C)OB(c2cnc(N)c(-c3ccnc(F)c3)c2)OC1(C)C. The Morgan fingerprint density at radius 1 is 1.09 bits per heavy atom. The van der Waals surface area contributed by atoms with Crippen molar-refractivity contribution in [3.05, 3.63) is 36.5 Å². The first-order valence-electron chi connectivity index (χ1n) is 7.42. The van der Waals surface area contributed by atoms with E-state index in [-0.39, 0.29) is 0 Å². The van der Waals surface area contributed by atoms with Crippen molar-refractivity contribution in [2.75, 3.05) is 5.73 Å². The van der Waals surface area contributed by atoms with Crippen LogP contribution in [0.1, 0.15) is 27.7 Å². The average Bonchev–Trinajstić information content (AvgIpc) is 2.68. The fourth-order valence-corrected chi connectivity index (χ4v) is 2.40. The lowest BCUT2D eigenvalue weighted by Gasteiger charge is -2.32. The molecule has 0 atom stereocenters. The van der Waals surface area contributed by atoms with Gasteiger partial charge in [-0.05, 0) is 45.4 Å². The standard InChI is InChI=1S/C16H19BFN3O2/c1-15(2)16(3,4)23-17(22-15)11-8-12(14(19)21-9-11)10-5-6-20-13(18)7-10/h5-9H,1-4H3,(H2,19,21). The maximum atomic E-state index is 13.4. The smallest absolute Gasteiger partial charge is 0.399 e. The Morgan fingerprint density at radius 3 is 2.35 bits per heavy atom. The average molecular weight is 315 g/mol. The first-order valence-corrected chi connectivity index (χ1v) is 7.42. The van der Waals surface area contributed by atoms with Crippen LogP contribution < -0.4 is 11.2 Å². The summed E-state index contributed by atoms with van der Waals surface area (Å²) in [4.78, 5) is 7.76. The zero-order valence-corrected chi connectivity index (χ0v) is 13.6.